The van der Waals surface area contributed by atoms with E-state index in [1.54, 1.807) is 4.90 Å². The van der Waals surface area contributed by atoms with Crippen LogP contribution in [-0.4, -0.2) is 34.0 Å². The lowest BCUT2D eigenvalue weighted by atomic mass is 9.91. The van der Waals surface area contributed by atoms with E-state index in [1.165, 1.54) is 16.8 Å². The van der Waals surface area contributed by atoms with E-state index in [4.69, 9.17) is 0 Å². The summed E-state index contributed by atoms with van der Waals surface area (Å²) in [7, 11) is 1.81. The molecular formula is C23H25N3O3. The molecule has 150 valence electrons. The van der Waals surface area contributed by atoms with Crippen LogP contribution in [0.2, 0.25) is 0 Å². The van der Waals surface area contributed by atoms with Gasteiger partial charge in [0.25, 0.3) is 5.56 Å². The van der Waals surface area contributed by atoms with E-state index >= 15 is 0 Å². The molecule has 0 saturated carbocycles. The molecule has 0 fully saturated rings. The minimum absolute atomic E-state index is 0.0272. The molecule has 0 saturated heterocycles. The molecule has 0 unspecified atom stereocenters. The fourth-order valence-electron chi connectivity index (χ4n) is 3.36. The molecule has 6 heteroatoms. The monoisotopic (exact) mass is 391 g/mol. The molecule has 0 radical (unpaired) electrons. The molecule has 1 aromatic heterocycles. The van der Waals surface area contributed by atoms with Crippen molar-refractivity contribution in [2.45, 2.75) is 25.3 Å². The van der Waals surface area contributed by atoms with E-state index in [2.05, 4.69) is 29.2 Å². The fraction of sp³-hybridized carbons (Fsp3) is 0.261. The summed E-state index contributed by atoms with van der Waals surface area (Å²) in [6, 6.07) is 21.6. The van der Waals surface area contributed by atoms with Crippen LogP contribution in [0.15, 0.2) is 82.5 Å². The summed E-state index contributed by atoms with van der Waals surface area (Å²) in [6.07, 6.45) is 2.31. The molecule has 0 spiro atoms. The molecule has 0 atom stereocenters. The van der Waals surface area contributed by atoms with Crippen molar-refractivity contribution in [3.63, 3.8) is 0 Å². The first-order valence-electron chi connectivity index (χ1n) is 9.68. The molecule has 0 aliphatic carbocycles. The van der Waals surface area contributed by atoms with Crippen LogP contribution < -0.4 is 11.2 Å². The number of amides is 1. The topological polar surface area (TPSA) is 75.2 Å². The van der Waals surface area contributed by atoms with Crippen molar-refractivity contribution >= 4 is 5.91 Å². The highest BCUT2D eigenvalue weighted by Gasteiger charge is 2.19. The lowest BCUT2D eigenvalue weighted by Gasteiger charge is -2.25. The van der Waals surface area contributed by atoms with Crippen LogP contribution in [0.4, 0.5) is 0 Å². The highest BCUT2D eigenvalue weighted by atomic mass is 16.2. The smallest absolute Gasteiger partial charge is 0.328 e. The van der Waals surface area contributed by atoms with Gasteiger partial charge < -0.3 is 9.47 Å². The first kappa shape index (κ1) is 20.3. The van der Waals surface area contributed by atoms with Crippen LogP contribution in [-0.2, 0) is 11.3 Å². The molecule has 2 aromatic carbocycles. The first-order chi connectivity index (χ1) is 14.0. The van der Waals surface area contributed by atoms with Gasteiger partial charge in [-0.3, -0.25) is 14.6 Å². The molecule has 29 heavy (non-hydrogen) atoms. The van der Waals surface area contributed by atoms with Crippen molar-refractivity contribution in [1.29, 1.82) is 0 Å². The summed E-state index contributed by atoms with van der Waals surface area (Å²) in [6.45, 7) is 0.960. The predicted octanol–water partition coefficient (Wildman–Crippen LogP) is 2.61. The van der Waals surface area contributed by atoms with Crippen molar-refractivity contribution < 1.29 is 4.79 Å². The van der Waals surface area contributed by atoms with E-state index < -0.39 is 11.2 Å². The second-order valence-electron chi connectivity index (χ2n) is 7.06. The van der Waals surface area contributed by atoms with Crippen LogP contribution in [0.3, 0.4) is 0 Å². The Kier molecular flexibility index (Phi) is 6.79. The van der Waals surface area contributed by atoms with Gasteiger partial charge in [-0.15, -0.1) is 0 Å². The molecular weight excluding hydrogens is 366 g/mol. The van der Waals surface area contributed by atoms with Gasteiger partial charge in [-0.25, -0.2) is 4.79 Å². The predicted molar refractivity (Wildman–Crippen MR) is 113 cm³/mol. The van der Waals surface area contributed by atoms with E-state index in [-0.39, 0.29) is 11.8 Å². The van der Waals surface area contributed by atoms with Gasteiger partial charge in [0.15, 0.2) is 0 Å². The maximum absolute atomic E-state index is 12.7. The number of nitrogens with one attached hydrogen (secondary N) is 1. The largest absolute Gasteiger partial charge is 0.345 e. The van der Waals surface area contributed by atoms with E-state index in [1.807, 2.05) is 43.4 Å². The number of hydrogen-bond acceptors (Lipinski definition) is 3. The molecule has 1 amide bonds. The Bertz CT molecular complexity index is 1000. The summed E-state index contributed by atoms with van der Waals surface area (Å²) < 4.78 is 1.41. The fourth-order valence-corrected chi connectivity index (χ4v) is 3.36. The van der Waals surface area contributed by atoms with Crippen LogP contribution in [0, 0.1) is 0 Å². The molecule has 6 nitrogen and oxygen atoms in total. The van der Waals surface area contributed by atoms with Crippen molar-refractivity contribution in [2.75, 3.05) is 13.6 Å². The lowest BCUT2D eigenvalue weighted by molar-refractivity contribution is -0.130. The molecule has 1 N–H and O–H groups in total. The zero-order valence-electron chi connectivity index (χ0n) is 16.5. The summed E-state index contributed by atoms with van der Waals surface area (Å²) in [5.74, 6) is 0.118. The van der Waals surface area contributed by atoms with E-state index in [0.29, 0.717) is 25.9 Å². The van der Waals surface area contributed by atoms with Crippen LogP contribution in [0.25, 0.3) is 0 Å². The quantitative estimate of drug-likeness (QED) is 0.641. The lowest BCUT2D eigenvalue weighted by Crippen LogP contribution is -2.32. The van der Waals surface area contributed by atoms with Crippen molar-refractivity contribution in [3.8, 4) is 0 Å². The van der Waals surface area contributed by atoms with E-state index in [0.717, 1.165) is 11.1 Å². The first-order valence-corrected chi connectivity index (χ1v) is 9.68. The average molecular weight is 391 g/mol. The standard InChI is InChI=1S/C23H25N3O3/c1-25(22(28)13-8-15-26-16-14-21(27)24-23(26)29)17-20(18-9-4-2-5-10-18)19-11-6-3-7-12-19/h2-7,9-12,14,16,20H,8,13,15,17H2,1H3,(H,24,27,29). The Morgan fingerprint density at radius 3 is 2.10 bits per heavy atom. The SMILES string of the molecule is CN(CC(c1ccccc1)c1ccccc1)C(=O)CCCn1ccc(=O)[nH]c1=O. The Labute approximate surface area is 169 Å². The van der Waals surface area contributed by atoms with Gasteiger partial charge in [-0.2, -0.15) is 0 Å². The van der Waals surface area contributed by atoms with Gasteiger partial charge in [0.05, 0.1) is 0 Å². The number of likely N-dealkylation sites (N-methyl/N-ethyl adjacent to an activating group) is 1. The summed E-state index contributed by atoms with van der Waals surface area (Å²) in [5.41, 5.74) is 1.46. The number of aromatic nitrogens is 2. The Morgan fingerprint density at radius 1 is 0.966 bits per heavy atom. The third-order valence-electron chi connectivity index (χ3n) is 4.97. The summed E-state index contributed by atoms with van der Waals surface area (Å²) in [4.78, 5) is 39.5. The normalized spacial score (nSPS) is 10.8. The molecule has 3 rings (SSSR count). The zero-order valence-corrected chi connectivity index (χ0v) is 16.5. The van der Waals surface area contributed by atoms with Crippen molar-refractivity contribution in [2.24, 2.45) is 0 Å². The minimum Gasteiger partial charge on any atom is -0.345 e. The van der Waals surface area contributed by atoms with Gasteiger partial charge >= 0.3 is 5.69 Å². The number of aryl methyl sites for hydroxylation is 1. The maximum atomic E-state index is 12.7. The maximum Gasteiger partial charge on any atom is 0.328 e. The van der Waals surface area contributed by atoms with Crippen molar-refractivity contribution in [1.82, 2.24) is 14.5 Å². The highest BCUT2D eigenvalue weighted by Crippen LogP contribution is 2.25. The Morgan fingerprint density at radius 2 is 1.55 bits per heavy atom. The number of H-pyrrole nitrogens is 1. The zero-order chi connectivity index (χ0) is 20.6. The number of hydrogen-bond donors (Lipinski definition) is 1. The van der Waals surface area contributed by atoms with Crippen molar-refractivity contribution in [3.05, 3.63) is 105 Å². The Hall–Kier alpha value is -3.41. The molecule has 0 bridgehead atoms. The number of benzene rings is 2. The minimum atomic E-state index is -0.452. The van der Waals surface area contributed by atoms with Crippen LogP contribution in [0.1, 0.15) is 29.9 Å². The third-order valence-corrected chi connectivity index (χ3v) is 4.97. The van der Waals surface area contributed by atoms with Gasteiger partial charge in [-0.1, -0.05) is 60.7 Å². The van der Waals surface area contributed by atoms with E-state index in [9.17, 15) is 14.4 Å². The van der Waals surface area contributed by atoms with Gasteiger partial charge in [0.2, 0.25) is 5.91 Å². The second-order valence-corrected chi connectivity index (χ2v) is 7.06. The average Bonchev–Trinajstić information content (AvgIpc) is 2.74. The third kappa shape index (κ3) is 5.54. The van der Waals surface area contributed by atoms with Gasteiger partial charge in [0.1, 0.15) is 0 Å². The number of nitrogens with zero attached hydrogens (tertiary/aromatic N) is 2. The summed E-state index contributed by atoms with van der Waals surface area (Å²) >= 11 is 0. The molecule has 0 aliphatic rings. The van der Waals surface area contributed by atoms with Crippen LogP contribution >= 0.6 is 0 Å². The second kappa shape index (κ2) is 9.68. The van der Waals surface area contributed by atoms with Gasteiger partial charge in [-0.05, 0) is 17.5 Å². The summed E-state index contributed by atoms with van der Waals surface area (Å²) in [5, 5.41) is 0. The number of carbonyl (C=O) groups is 1. The highest BCUT2D eigenvalue weighted by molar-refractivity contribution is 5.76. The number of rotatable bonds is 8. The van der Waals surface area contributed by atoms with Crippen LogP contribution in [0.5, 0.6) is 0 Å². The molecule has 0 aliphatic heterocycles. The van der Waals surface area contributed by atoms with Gasteiger partial charge in [0, 0.05) is 44.7 Å². The number of carbonyl (C=O) groups excluding carboxylic acids is 1. The molecule has 3 aromatic rings. The molecule has 1 heterocycles. The Balaban J connectivity index is 1.63. The number of aromatic amines is 1.